The van der Waals surface area contributed by atoms with Crippen LogP contribution in [0.3, 0.4) is 0 Å². The smallest absolute Gasteiger partial charge is 0.338 e. The van der Waals surface area contributed by atoms with Gasteiger partial charge in [0, 0.05) is 0 Å². The summed E-state index contributed by atoms with van der Waals surface area (Å²) in [5.41, 5.74) is 6.86. The Hall–Kier alpha value is -4.31. The molecule has 0 radical (unpaired) electrons. The summed E-state index contributed by atoms with van der Waals surface area (Å²) in [7, 11) is 2.37. The first kappa shape index (κ1) is 22.9. The quantitative estimate of drug-likeness (QED) is 0.461. The van der Waals surface area contributed by atoms with Gasteiger partial charge in [0.25, 0.3) is 5.56 Å². The molecule has 0 spiro atoms. The molecule has 10 heteroatoms. The highest BCUT2D eigenvalue weighted by Gasteiger charge is 2.39. The van der Waals surface area contributed by atoms with Crippen molar-refractivity contribution in [2.24, 2.45) is 5.73 Å². The van der Waals surface area contributed by atoms with Gasteiger partial charge in [-0.25, -0.2) is 9.59 Å². The van der Waals surface area contributed by atoms with Crippen LogP contribution in [-0.2, 0) is 19.1 Å². The number of benzene rings is 2. The number of ether oxygens (including phenoxy) is 2. The fourth-order valence-corrected chi connectivity index (χ4v) is 4.95. The summed E-state index contributed by atoms with van der Waals surface area (Å²) in [5.74, 6) is -2.66. The monoisotopic (exact) mass is 480 g/mol. The molecular weight excluding hydrogens is 460 g/mol. The fraction of sp³-hybridized carbons (Fsp3) is 0.125. The molecule has 0 saturated heterocycles. The summed E-state index contributed by atoms with van der Waals surface area (Å²) in [6.45, 7) is 0. The van der Waals surface area contributed by atoms with E-state index in [-0.39, 0.29) is 37.7 Å². The zero-order valence-electron chi connectivity index (χ0n) is 18.1. The van der Waals surface area contributed by atoms with Gasteiger partial charge in [0.05, 0.1) is 35.8 Å². The maximum atomic E-state index is 13.3. The molecule has 0 bridgehead atoms. The molecule has 1 aromatic heterocycles. The van der Waals surface area contributed by atoms with Gasteiger partial charge in [-0.15, -0.1) is 11.3 Å². The average molecular weight is 480 g/mol. The average Bonchev–Trinajstić information content (AvgIpc) is 3.15. The first-order valence-corrected chi connectivity index (χ1v) is 10.8. The van der Waals surface area contributed by atoms with Gasteiger partial charge in [-0.2, -0.15) is 0 Å². The number of phenolic OH excluding ortho intramolecular Hbond substituents is 2. The van der Waals surface area contributed by atoms with Crippen molar-refractivity contribution >= 4 is 40.7 Å². The van der Waals surface area contributed by atoms with Crippen molar-refractivity contribution in [3.63, 3.8) is 0 Å². The van der Waals surface area contributed by atoms with Crippen LogP contribution in [0.1, 0.15) is 17.0 Å². The highest BCUT2D eigenvalue weighted by Crippen LogP contribution is 2.38. The van der Waals surface area contributed by atoms with Gasteiger partial charge in [-0.05, 0) is 41.5 Å². The molecule has 4 rings (SSSR count). The van der Waals surface area contributed by atoms with Crippen molar-refractivity contribution in [2.75, 3.05) is 14.2 Å². The van der Waals surface area contributed by atoms with Crippen molar-refractivity contribution in [3.8, 4) is 11.5 Å². The first-order valence-electron chi connectivity index (χ1n) is 9.99. The van der Waals surface area contributed by atoms with Gasteiger partial charge in [-0.1, -0.05) is 24.3 Å². The Labute approximate surface area is 196 Å². The van der Waals surface area contributed by atoms with Crippen LogP contribution in [0.5, 0.6) is 11.5 Å². The molecule has 1 aliphatic rings. The number of nitrogens with zero attached hydrogens (tertiary/aromatic N) is 1. The zero-order valence-corrected chi connectivity index (χ0v) is 19.0. The van der Waals surface area contributed by atoms with E-state index >= 15 is 0 Å². The molecule has 9 nitrogen and oxygen atoms in total. The molecule has 3 aromatic rings. The van der Waals surface area contributed by atoms with Crippen LogP contribution in [0.15, 0.2) is 58.9 Å². The second-order valence-electron chi connectivity index (χ2n) is 7.37. The predicted molar refractivity (Wildman–Crippen MR) is 125 cm³/mol. The maximum absolute atomic E-state index is 13.3. The van der Waals surface area contributed by atoms with Gasteiger partial charge >= 0.3 is 11.9 Å². The van der Waals surface area contributed by atoms with Crippen LogP contribution in [0.2, 0.25) is 0 Å². The molecule has 1 aliphatic heterocycles. The Bertz CT molecular complexity index is 1500. The van der Waals surface area contributed by atoms with E-state index in [0.29, 0.717) is 11.1 Å². The Morgan fingerprint density at radius 2 is 1.47 bits per heavy atom. The lowest BCUT2D eigenvalue weighted by atomic mass is 9.83. The molecule has 0 fully saturated rings. The number of hydrogen-bond donors (Lipinski definition) is 3. The molecule has 0 saturated carbocycles. The van der Waals surface area contributed by atoms with Crippen LogP contribution >= 0.6 is 11.3 Å². The minimum Gasteiger partial charge on any atom is -0.508 e. The summed E-state index contributed by atoms with van der Waals surface area (Å²) >= 11 is 1.02. The van der Waals surface area contributed by atoms with E-state index in [0.717, 1.165) is 15.9 Å². The normalized spacial score (nSPS) is 15.8. The van der Waals surface area contributed by atoms with Crippen LogP contribution in [-0.4, -0.2) is 40.9 Å². The number of esters is 2. The lowest BCUT2D eigenvalue weighted by Gasteiger charge is -2.26. The number of phenols is 2. The number of methoxy groups -OCH3 is 2. The minimum atomic E-state index is -1.000. The van der Waals surface area contributed by atoms with Gasteiger partial charge in [-0.3, -0.25) is 9.36 Å². The van der Waals surface area contributed by atoms with E-state index in [1.807, 2.05) is 0 Å². The lowest BCUT2D eigenvalue weighted by Crippen LogP contribution is -2.41. The second kappa shape index (κ2) is 8.91. The second-order valence-corrected chi connectivity index (χ2v) is 8.40. The number of fused-ring (bicyclic) bond motifs is 1. The zero-order chi connectivity index (χ0) is 24.6. The summed E-state index contributed by atoms with van der Waals surface area (Å²) in [6.07, 6.45) is 1.59. The number of carbonyl (C=O) groups excluding carboxylic acids is 2. The fourth-order valence-electron chi connectivity index (χ4n) is 3.79. The van der Waals surface area contributed by atoms with Crippen molar-refractivity contribution in [1.82, 2.24) is 4.57 Å². The number of rotatable bonds is 4. The van der Waals surface area contributed by atoms with E-state index in [1.54, 1.807) is 30.3 Å². The highest BCUT2D eigenvalue weighted by molar-refractivity contribution is 7.07. The van der Waals surface area contributed by atoms with Gasteiger partial charge in [0.1, 0.15) is 22.0 Å². The van der Waals surface area contributed by atoms with Crippen LogP contribution in [0, 0.1) is 0 Å². The first-order chi connectivity index (χ1) is 16.3. The molecule has 2 aromatic carbocycles. The molecule has 1 atom stereocenters. The topological polar surface area (TPSA) is 141 Å². The van der Waals surface area contributed by atoms with Crippen LogP contribution in [0.25, 0.3) is 17.5 Å². The minimum absolute atomic E-state index is 0.00503. The van der Waals surface area contributed by atoms with Crippen molar-refractivity contribution in [1.29, 1.82) is 0 Å². The van der Waals surface area contributed by atoms with Crippen LogP contribution < -0.4 is 20.5 Å². The third-order valence-corrected chi connectivity index (χ3v) is 6.48. The summed E-state index contributed by atoms with van der Waals surface area (Å²) in [5, 5.41) is 19.2. The largest absolute Gasteiger partial charge is 0.508 e. The molecular formula is C24H20N2O7S. The Kier molecular flexibility index (Phi) is 5.99. The highest BCUT2D eigenvalue weighted by atomic mass is 32.1. The standard InChI is InChI=1S/C24H20N2O7S/c1-32-23(30)18-17(13-5-9-15(28)10-6-13)19(24(31)33-2)22-26(20(18)25)21(29)16(34-22)11-12-3-7-14(27)8-4-12/h3-11,17,27-28H,25H2,1-2H3/t17-/m0/s1. The van der Waals surface area contributed by atoms with E-state index in [4.69, 9.17) is 15.2 Å². The Morgan fingerprint density at radius 1 is 0.941 bits per heavy atom. The third-order valence-electron chi connectivity index (χ3n) is 5.38. The molecule has 4 N–H and O–H groups in total. The maximum Gasteiger partial charge on any atom is 0.338 e. The van der Waals surface area contributed by atoms with Crippen molar-refractivity contribution < 1.29 is 29.3 Å². The van der Waals surface area contributed by atoms with Gasteiger partial charge in [0.2, 0.25) is 0 Å². The lowest BCUT2D eigenvalue weighted by molar-refractivity contribution is -0.136. The van der Waals surface area contributed by atoms with Gasteiger partial charge < -0.3 is 25.4 Å². The number of aromatic hydroxyl groups is 2. The Balaban J connectivity index is 2.11. The molecule has 2 heterocycles. The van der Waals surface area contributed by atoms with Gasteiger partial charge in [0.15, 0.2) is 0 Å². The van der Waals surface area contributed by atoms with Crippen molar-refractivity contribution in [2.45, 2.75) is 5.92 Å². The van der Waals surface area contributed by atoms with Crippen molar-refractivity contribution in [3.05, 3.63) is 84.8 Å². The Morgan fingerprint density at radius 3 is 2.03 bits per heavy atom. The summed E-state index contributed by atoms with van der Waals surface area (Å²) in [4.78, 5) is 39.1. The van der Waals surface area contributed by atoms with E-state index in [9.17, 15) is 24.6 Å². The number of carbonyl (C=O) groups is 2. The molecule has 174 valence electrons. The SMILES string of the molecule is COC(=O)C1=C(N)n2c(sc(=Cc3ccc(O)cc3)c2=O)=C(C(=O)OC)[C@H]1c1ccc(O)cc1. The predicted octanol–water partition coefficient (Wildman–Crippen LogP) is 0.571. The summed E-state index contributed by atoms with van der Waals surface area (Å²) < 4.78 is 11.5. The van der Waals surface area contributed by atoms with E-state index in [2.05, 4.69) is 0 Å². The number of aromatic nitrogens is 1. The number of thiazole rings is 1. The third kappa shape index (κ3) is 3.84. The van der Waals surface area contributed by atoms with Crippen LogP contribution in [0.4, 0.5) is 0 Å². The molecule has 0 aliphatic carbocycles. The van der Waals surface area contributed by atoms with E-state index in [1.165, 1.54) is 38.5 Å². The number of hydrogen-bond acceptors (Lipinski definition) is 9. The molecule has 34 heavy (non-hydrogen) atoms. The molecule has 0 unspecified atom stereocenters. The number of nitrogens with two attached hydrogens (primary N) is 1. The summed E-state index contributed by atoms with van der Waals surface area (Å²) in [6, 6.07) is 12.1. The van der Waals surface area contributed by atoms with E-state index < -0.39 is 23.4 Å². The molecule has 0 amide bonds.